The maximum Gasteiger partial charge on any atom is 0.340 e. The van der Waals surface area contributed by atoms with Gasteiger partial charge < -0.3 is 40.6 Å². The third-order valence-electron chi connectivity index (χ3n) is 5.40. The molecule has 0 saturated carbocycles. The lowest BCUT2D eigenvalue weighted by molar-refractivity contribution is 0.0600. The van der Waals surface area contributed by atoms with Gasteiger partial charge in [0.25, 0.3) is 0 Å². The van der Waals surface area contributed by atoms with Crippen molar-refractivity contribution in [3.63, 3.8) is 0 Å². The molecule has 2 heterocycles. The molecular formula is C23H32N4O5. The van der Waals surface area contributed by atoms with Gasteiger partial charge in [0.2, 0.25) is 0 Å². The Labute approximate surface area is 188 Å². The van der Waals surface area contributed by atoms with Crippen LogP contribution in [0.1, 0.15) is 15.9 Å². The number of nitrogen functional groups attached to an aromatic ring is 2. The number of anilines is 4. The third-order valence-corrected chi connectivity index (χ3v) is 5.40. The number of carbonyl (C=O) groups is 1. The Bertz CT molecular complexity index is 896. The van der Waals surface area contributed by atoms with Gasteiger partial charge in [0.1, 0.15) is 0 Å². The summed E-state index contributed by atoms with van der Waals surface area (Å²) in [7, 11) is 1.37. The zero-order valence-electron chi connectivity index (χ0n) is 18.5. The number of benzene rings is 2. The summed E-state index contributed by atoms with van der Waals surface area (Å²) in [6.45, 7) is 6.15. The molecule has 2 aliphatic heterocycles. The Morgan fingerprint density at radius 1 is 0.906 bits per heavy atom. The van der Waals surface area contributed by atoms with Crippen LogP contribution in [0.4, 0.5) is 22.7 Å². The van der Waals surface area contributed by atoms with Crippen LogP contribution in [0.2, 0.25) is 0 Å². The Morgan fingerprint density at radius 3 is 1.94 bits per heavy atom. The van der Waals surface area contributed by atoms with Crippen molar-refractivity contribution in [1.29, 1.82) is 0 Å². The maximum atomic E-state index is 11.7. The minimum Gasteiger partial charge on any atom is -0.465 e. The SMILES string of the molecule is COC(=O)c1cc(N)ccc1N1CCOCC1.Nc1ccc(N2CCOCC2)c(CO)c1. The number of aliphatic hydroxyl groups is 1. The molecule has 0 unspecified atom stereocenters. The molecule has 2 fully saturated rings. The molecule has 0 aromatic heterocycles. The fourth-order valence-corrected chi connectivity index (χ4v) is 3.75. The normalized spacial score (nSPS) is 16.2. The quantitative estimate of drug-likeness (QED) is 0.475. The summed E-state index contributed by atoms with van der Waals surface area (Å²) in [6.07, 6.45) is 0. The molecule has 0 bridgehead atoms. The highest BCUT2D eigenvalue weighted by Crippen LogP contribution is 2.25. The highest BCUT2D eigenvalue weighted by atomic mass is 16.5. The van der Waals surface area contributed by atoms with Crippen LogP contribution in [0.25, 0.3) is 0 Å². The largest absolute Gasteiger partial charge is 0.465 e. The number of methoxy groups -OCH3 is 1. The van der Waals surface area contributed by atoms with E-state index in [0.29, 0.717) is 30.2 Å². The van der Waals surface area contributed by atoms with Gasteiger partial charge in [-0.15, -0.1) is 0 Å². The van der Waals surface area contributed by atoms with Gasteiger partial charge >= 0.3 is 5.97 Å². The molecule has 0 aliphatic carbocycles. The molecule has 0 spiro atoms. The first-order valence-corrected chi connectivity index (χ1v) is 10.7. The van der Waals surface area contributed by atoms with E-state index in [0.717, 1.165) is 56.3 Å². The van der Waals surface area contributed by atoms with Crippen LogP contribution in [-0.4, -0.2) is 70.8 Å². The van der Waals surface area contributed by atoms with Crippen molar-refractivity contribution in [3.8, 4) is 0 Å². The van der Waals surface area contributed by atoms with Gasteiger partial charge in [-0.25, -0.2) is 4.79 Å². The first-order valence-electron chi connectivity index (χ1n) is 10.7. The number of rotatable bonds is 4. The van der Waals surface area contributed by atoms with Gasteiger partial charge in [-0.05, 0) is 36.4 Å². The standard InChI is InChI=1S/C12H16N2O3.C11H16N2O2/c1-16-12(15)10-8-9(13)2-3-11(10)14-4-6-17-7-5-14;12-10-1-2-11(9(7-10)8-14)13-3-5-15-6-4-13/h2-3,8H,4-7,13H2,1H3;1-2,7,14H,3-6,8,12H2. The molecule has 2 saturated heterocycles. The van der Waals surface area contributed by atoms with Gasteiger partial charge in [-0.2, -0.15) is 0 Å². The Balaban J connectivity index is 0.000000182. The van der Waals surface area contributed by atoms with Crippen LogP contribution in [0.15, 0.2) is 36.4 Å². The summed E-state index contributed by atoms with van der Waals surface area (Å²) in [5.74, 6) is -0.362. The minimum atomic E-state index is -0.362. The van der Waals surface area contributed by atoms with Crippen molar-refractivity contribution in [3.05, 3.63) is 47.5 Å². The van der Waals surface area contributed by atoms with E-state index in [1.807, 2.05) is 24.3 Å². The number of hydrogen-bond donors (Lipinski definition) is 3. The number of ether oxygens (including phenoxy) is 3. The Hall–Kier alpha value is -3.01. The van der Waals surface area contributed by atoms with E-state index >= 15 is 0 Å². The number of nitrogens with two attached hydrogens (primary N) is 2. The lowest BCUT2D eigenvalue weighted by atomic mass is 10.1. The Kier molecular flexibility index (Phi) is 8.55. The van der Waals surface area contributed by atoms with Crippen molar-refractivity contribution in [2.45, 2.75) is 6.61 Å². The van der Waals surface area contributed by atoms with Crippen LogP contribution >= 0.6 is 0 Å². The average Bonchev–Trinajstić information content (AvgIpc) is 2.85. The van der Waals surface area contributed by atoms with Crippen LogP contribution in [-0.2, 0) is 20.8 Å². The molecule has 32 heavy (non-hydrogen) atoms. The van der Waals surface area contributed by atoms with E-state index in [2.05, 4.69) is 9.80 Å². The molecule has 0 radical (unpaired) electrons. The fraction of sp³-hybridized carbons (Fsp3) is 0.435. The fourth-order valence-electron chi connectivity index (χ4n) is 3.75. The van der Waals surface area contributed by atoms with Crippen LogP contribution in [0.3, 0.4) is 0 Å². The second-order valence-electron chi connectivity index (χ2n) is 7.51. The molecule has 5 N–H and O–H groups in total. The number of aliphatic hydroxyl groups excluding tert-OH is 1. The van der Waals surface area contributed by atoms with E-state index in [-0.39, 0.29) is 12.6 Å². The first-order chi connectivity index (χ1) is 15.5. The number of hydrogen-bond acceptors (Lipinski definition) is 9. The van der Waals surface area contributed by atoms with Crippen molar-refractivity contribution in [2.75, 3.05) is 81.0 Å². The lowest BCUT2D eigenvalue weighted by Crippen LogP contribution is -2.37. The summed E-state index contributed by atoms with van der Waals surface area (Å²) in [6, 6.07) is 10.9. The van der Waals surface area contributed by atoms with Gasteiger partial charge in [0, 0.05) is 48.8 Å². The molecule has 0 amide bonds. The predicted molar refractivity (Wildman–Crippen MR) is 125 cm³/mol. The molecule has 2 aromatic rings. The maximum absolute atomic E-state index is 11.7. The smallest absolute Gasteiger partial charge is 0.340 e. The molecule has 2 aromatic carbocycles. The van der Waals surface area contributed by atoms with Gasteiger partial charge in [-0.3, -0.25) is 0 Å². The number of esters is 1. The third kappa shape index (κ3) is 6.03. The average molecular weight is 445 g/mol. The van der Waals surface area contributed by atoms with E-state index in [4.69, 9.17) is 25.7 Å². The number of morpholine rings is 2. The molecular weight excluding hydrogens is 412 g/mol. The first kappa shape index (κ1) is 23.6. The molecule has 9 nitrogen and oxygen atoms in total. The highest BCUT2D eigenvalue weighted by Gasteiger charge is 2.19. The summed E-state index contributed by atoms with van der Waals surface area (Å²) < 4.78 is 15.3. The van der Waals surface area contributed by atoms with Crippen LogP contribution < -0.4 is 21.3 Å². The molecule has 0 atom stereocenters. The predicted octanol–water partition coefficient (Wildman–Crippen LogP) is 1.49. The minimum absolute atomic E-state index is 0.0255. The van der Waals surface area contributed by atoms with Crippen molar-refractivity contribution < 1.29 is 24.1 Å². The molecule has 9 heteroatoms. The number of carbonyl (C=O) groups excluding carboxylic acids is 1. The summed E-state index contributed by atoms with van der Waals surface area (Å²) in [5.41, 5.74) is 15.9. The lowest BCUT2D eigenvalue weighted by Gasteiger charge is -2.30. The van der Waals surface area contributed by atoms with E-state index in [1.54, 1.807) is 12.1 Å². The van der Waals surface area contributed by atoms with Gasteiger partial charge in [0.05, 0.1) is 51.4 Å². The molecule has 174 valence electrons. The zero-order valence-corrected chi connectivity index (χ0v) is 18.5. The van der Waals surface area contributed by atoms with Crippen molar-refractivity contribution in [2.24, 2.45) is 0 Å². The summed E-state index contributed by atoms with van der Waals surface area (Å²) in [5, 5.41) is 9.26. The van der Waals surface area contributed by atoms with E-state index < -0.39 is 0 Å². The van der Waals surface area contributed by atoms with Crippen LogP contribution in [0, 0.1) is 0 Å². The van der Waals surface area contributed by atoms with Gasteiger partial charge in [0.15, 0.2) is 0 Å². The van der Waals surface area contributed by atoms with Crippen molar-refractivity contribution >= 4 is 28.7 Å². The second-order valence-corrected chi connectivity index (χ2v) is 7.51. The molecule has 2 aliphatic rings. The zero-order chi connectivity index (χ0) is 22.9. The Morgan fingerprint density at radius 2 is 1.41 bits per heavy atom. The van der Waals surface area contributed by atoms with E-state index in [9.17, 15) is 9.90 Å². The topological polar surface area (TPSA) is 124 Å². The van der Waals surface area contributed by atoms with Crippen LogP contribution in [0.5, 0.6) is 0 Å². The van der Waals surface area contributed by atoms with Gasteiger partial charge in [-0.1, -0.05) is 0 Å². The number of nitrogens with zero attached hydrogens (tertiary/aromatic N) is 2. The highest BCUT2D eigenvalue weighted by molar-refractivity contribution is 5.97. The summed E-state index contributed by atoms with van der Waals surface area (Å²) in [4.78, 5) is 16.0. The molecule has 4 rings (SSSR count). The van der Waals surface area contributed by atoms with E-state index in [1.165, 1.54) is 7.11 Å². The monoisotopic (exact) mass is 444 g/mol. The van der Waals surface area contributed by atoms with Crippen molar-refractivity contribution in [1.82, 2.24) is 0 Å². The second kappa shape index (κ2) is 11.6. The summed E-state index contributed by atoms with van der Waals surface area (Å²) >= 11 is 0.